The molecule has 1 unspecified atom stereocenters. The third kappa shape index (κ3) is 6.67. The fraction of sp³-hybridized carbons (Fsp3) is 0.720. The highest BCUT2D eigenvalue weighted by Gasteiger charge is 2.39. The quantitative estimate of drug-likeness (QED) is 0.634. The first-order valence-electron chi connectivity index (χ1n) is 12.2. The van der Waals surface area contributed by atoms with Crippen molar-refractivity contribution in [1.29, 1.82) is 0 Å². The molecule has 3 rings (SSSR count). The number of aromatic nitrogens is 1. The summed E-state index contributed by atoms with van der Waals surface area (Å²) in [5.41, 5.74) is 0. The van der Waals surface area contributed by atoms with Gasteiger partial charge < -0.3 is 19.9 Å². The molecule has 2 aliphatic rings. The van der Waals surface area contributed by atoms with E-state index in [4.69, 9.17) is 4.74 Å². The Morgan fingerprint density at radius 1 is 1.12 bits per heavy atom. The zero-order valence-corrected chi connectivity index (χ0v) is 20.1. The Kier molecular flexibility index (Phi) is 8.91. The molecule has 1 aromatic heterocycles. The number of carbonyl (C=O) groups excluding carboxylic acids is 2. The minimum atomic E-state index is -0.358. The molecule has 1 N–H and O–H groups in total. The van der Waals surface area contributed by atoms with Gasteiger partial charge in [0.05, 0.1) is 12.6 Å². The first-order valence-corrected chi connectivity index (χ1v) is 12.2. The van der Waals surface area contributed by atoms with Crippen molar-refractivity contribution in [2.24, 2.45) is 17.8 Å². The van der Waals surface area contributed by atoms with Gasteiger partial charge in [-0.2, -0.15) is 0 Å². The second-order valence-corrected chi connectivity index (χ2v) is 10.1. The number of nitrogens with zero attached hydrogens (tertiary/aromatic N) is 3. The molecule has 1 aromatic rings. The van der Waals surface area contributed by atoms with Crippen LogP contribution in [0, 0.1) is 17.8 Å². The van der Waals surface area contributed by atoms with Crippen molar-refractivity contribution in [3.63, 3.8) is 0 Å². The molecule has 2 atom stereocenters. The van der Waals surface area contributed by atoms with Gasteiger partial charge in [0.1, 0.15) is 11.8 Å². The van der Waals surface area contributed by atoms with E-state index in [1.165, 1.54) is 0 Å². The van der Waals surface area contributed by atoms with Gasteiger partial charge in [-0.05, 0) is 55.6 Å². The van der Waals surface area contributed by atoms with Gasteiger partial charge in [0, 0.05) is 38.6 Å². The lowest BCUT2D eigenvalue weighted by Gasteiger charge is -2.42. The number of amides is 2. The number of ether oxygens (including phenoxy) is 1. The maximum Gasteiger partial charge on any atom is 0.245 e. The first kappa shape index (κ1) is 24.5. The minimum absolute atomic E-state index is 0.0876. The van der Waals surface area contributed by atoms with E-state index < -0.39 is 0 Å². The summed E-state index contributed by atoms with van der Waals surface area (Å²) in [5.74, 6) is 2.26. The van der Waals surface area contributed by atoms with Crippen LogP contribution in [-0.4, -0.2) is 71.5 Å². The Balaban J connectivity index is 1.58. The summed E-state index contributed by atoms with van der Waals surface area (Å²) in [6.45, 7) is 12.0. The standard InChI is InChI=1S/C25H40N4O3/c1-18(2)15-22-24(30)29(14-11-27-22)23(16-19(3)4)25(31)28-12-7-20(8-13-28)17-32-21-5-9-26-10-6-21/h5-6,9-10,18-20,22-23,27H,7-8,11-17H2,1-4H3/t22-,23?/m0/s1. The lowest BCUT2D eigenvalue weighted by atomic mass is 9.94. The molecular weight excluding hydrogens is 404 g/mol. The number of likely N-dealkylation sites (tertiary alicyclic amines) is 1. The van der Waals surface area contributed by atoms with E-state index in [-0.39, 0.29) is 23.9 Å². The highest BCUT2D eigenvalue weighted by molar-refractivity contribution is 5.90. The molecule has 2 saturated heterocycles. The summed E-state index contributed by atoms with van der Waals surface area (Å²) in [6.07, 6.45) is 6.83. The largest absolute Gasteiger partial charge is 0.493 e. The molecule has 7 nitrogen and oxygen atoms in total. The van der Waals surface area contributed by atoms with Crippen molar-refractivity contribution < 1.29 is 14.3 Å². The highest BCUT2D eigenvalue weighted by Crippen LogP contribution is 2.24. The van der Waals surface area contributed by atoms with Crippen molar-refractivity contribution in [2.45, 2.75) is 65.5 Å². The molecule has 0 saturated carbocycles. The van der Waals surface area contributed by atoms with Crippen LogP contribution in [0.4, 0.5) is 0 Å². The summed E-state index contributed by atoms with van der Waals surface area (Å²) in [7, 11) is 0. The van der Waals surface area contributed by atoms with Gasteiger partial charge in [-0.25, -0.2) is 0 Å². The zero-order chi connectivity index (χ0) is 23.1. The maximum absolute atomic E-state index is 13.6. The van der Waals surface area contributed by atoms with Gasteiger partial charge >= 0.3 is 0 Å². The third-order valence-corrected chi connectivity index (χ3v) is 6.45. The van der Waals surface area contributed by atoms with Crippen molar-refractivity contribution in [3.05, 3.63) is 24.5 Å². The SMILES string of the molecule is CC(C)CC(C(=O)N1CCC(COc2ccncc2)CC1)N1CCN[C@@H](CC(C)C)C1=O. The van der Waals surface area contributed by atoms with Gasteiger partial charge in [0.2, 0.25) is 11.8 Å². The van der Waals surface area contributed by atoms with E-state index in [0.717, 1.165) is 44.6 Å². The topological polar surface area (TPSA) is 74.8 Å². The average Bonchev–Trinajstić information content (AvgIpc) is 2.78. The van der Waals surface area contributed by atoms with Gasteiger partial charge in [-0.3, -0.25) is 14.6 Å². The van der Waals surface area contributed by atoms with Crippen LogP contribution in [-0.2, 0) is 9.59 Å². The molecule has 2 fully saturated rings. The first-order chi connectivity index (χ1) is 15.3. The summed E-state index contributed by atoms with van der Waals surface area (Å²) in [6, 6.07) is 3.20. The van der Waals surface area contributed by atoms with Gasteiger partial charge in [-0.1, -0.05) is 27.7 Å². The third-order valence-electron chi connectivity index (χ3n) is 6.45. The number of rotatable bonds is 9. The van der Waals surface area contributed by atoms with Crippen molar-refractivity contribution >= 4 is 11.8 Å². The normalized spacial score (nSPS) is 21.3. The van der Waals surface area contributed by atoms with Crippen molar-refractivity contribution in [2.75, 3.05) is 32.8 Å². The molecular formula is C25H40N4O3. The predicted molar refractivity (Wildman–Crippen MR) is 125 cm³/mol. The molecule has 3 heterocycles. The number of piperidine rings is 1. The average molecular weight is 445 g/mol. The number of hydrogen-bond acceptors (Lipinski definition) is 5. The minimum Gasteiger partial charge on any atom is -0.493 e. The molecule has 7 heteroatoms. The lowest BCUT2D eigenvalue weighted by Crippen LogP contribution is -2.62. The summed E-state index contributed by atoms with van der Waals surface area (Å²) in [5, 5.41) is 3.36. The van der Waals surface area contributed by atoms with E-state index >= 15 is 0 Å². The van der Waals surface area contributed by atoms with Crippen molar-refractivity contribution in [1.82, 2.24) is 20.1 Å². The summed E-state index contributed by atoms with van der Waals surface area (Å²) < 4.78 is 5.89. The van der Waals surface area contributed by atoms with Crippen LogP contribution in [0.2, 0.25) is 0 Å². The fourth-order valence-electron chi connectivity index (χ4n) is 4.71. The smallest absolute Gasteiger partial charge is 0.245 e. The number of pyridine rings is 1. The van der Waals surface area contributed by atoms with E-state index in [0.29, 0.717) is 37.3 Å². The van der Waals surface area contributed by atoms with Gasteiger partial charge in [-0.15, -0.1) is 0 Å². The molecule has 2 amide bonds. The highest BCUT2D eigenvalue weighted by atomic mass is 16.5. The monoisotopic (exact) mass is 444 g/mol. The number of hydrogen-bond donors (Lipinski definition) is 1. The van der Waals surface area contributed by atoms with E-state index in [1.54, 1.807) is 12.4 Å². The Morgan fingerprint density at radius 3 is 2.44 bits per heavy atom. The fourth-order valence-corrected chi connectivity index (χ4v) is 4.71. The molecule has 178 valence electrons. The van der Waals surface area contributed by atoms with E-state index in [9.17, 15) is 9.59 Å². The van der Waals surface area contributed by atoms with Crippen LogP contribution in [0.25, 0.3) is 0 Å². The van der Waals surface area contributed by atoms with Crippen LogP contribution in [0.15, 0.2) is 24.5 Å². The molecule has 32 heavy (non-hydrogen) atoms. The summed E-state index contributed by atoms with van der Waals surface area (Å²) in [4.78, 5) is 34.6. The van der Waals surface area contributed by atoms with Crippen molar-refractivity contribution in [3.8, 4) is 5.75 Å². The molecule has 0 radical (unpaired) electrons. The Morgan fingerprint density at radius 2 is 1.81 bits per heavy atom. The summed E-state index contributed by atoms with van der Waals surface area (Å²) >= 11 is 0. The number of nitrogens with one attached hydrogen (secondary N) is 1. The van der Waals surface area contributed by atoms with Crippen LogP contribution in [0.1, 0.15) is 53.4 Å². The van der Waals surface area contributed by atoms with Gasteiger partial charge in [0.25, 0.3) is 0 Å². The lowest BCUT2D eigenvalue weighted by molar-refractivity contribution is -0.150. The maximum atomic E-state index is 13.6. The predicted octanol–water partition coefficient (Wildman–Crippen LogP) is 2.96. The van der Waals surface area contributed by atoms with E-state index in [2.05, 4.69) is 38.0 Å². The molecule has 2 aliphatic heterocycles. The van der Waals surface area contributed by atoms with Crippen LogP contribution in [0.3, 0.4) is 0 Å². The van der Waals surface area contributed by atoms with Crippen LogP contribution in [0.5, 0.6) is 5.75 Å². The van der Waals surface area contributed by atoms with E-state index in [1.807, 2.05) is 21.9 Å². The molecule has 0 bridgehead atoms. The van der Waals surface area contributed by atoms with Crippen LogP contribution < -0.4 is 10.1 Å². The Bertz CT molecular complexity index is 732. The second-order valence-electron chi connectivity index (χ2n) is 10.1. The zero-order valence-electron chi connectivity index (χ0n) is 20.1. The molecule has 0 aliphatic carbocycles. The number of piperazine rings is 1. The molecule has 0 aromatic carbocycles. The van der Waals surface area contributed by atoms with Gasteiger partial charge in [0.15, 0.2) is 0 Å². The molecule has 0 spiro atoms. The Labute approximate surface area is 192 Å². The Hall–Kier alpha value is -2.15. The number of carbonyl (C=O) groups is 2. The van der Waals surface area contributed by atoms with Crippen LogP contribution >= 0.6 is 0 Å². The second kappa shape index (κ2) is 11.6.